The molecule has 0 heterocycles. The van der Waals surface area contributed by atoms with Gasteiger partial charge in [0.15, 0.2) is 6.10 Å². The standard InChI is InChI=1S/C30H39F7N2O3/c1-9-23(42-24-15-12-18(26(4,5)10-2)16-20(24)27(6,7)11-3)25(41)38-19-13-14-21(22(40)17-19)39(37)30(35,36)29(33,34)28(8,31)32/h12-17,23,40H,9-11H2,1-8H3,(H,38,41). The molecule has 0 aliphatic carbocycles. The third kappa shape index (κ3) is 6.89. The van der Waals surface area contributed by atoms with Crippen LogP contribution < -0.4 is 15.2 Å². The lowest BCUT2D eigenvalue weighted by molar-refractivity contribution is -0.310. The Labute approximate surface area is 242 Å². The molecular weight excluding hydrogens is 569 g/mol. The molecule has 5 nitrogen and oxygen atoms in total. The quantitative estimate of drug-likeness (QED) is 0.135. The van der Waals surface area contributed by atoms with Crippen LogP contribution in [-0.4, -0.2) is 35.0 Å². The summed E-state index contributed by atoms with van der Waals surface area (Å²) in [5.41, 5.74) is -0.108. The first kappa shape index (κ1) is 35.0. The van der Waals surface area contributed by atoms with Crippen LogP contribution in [0, 0.1) is 0 Å². The average molecular weight is 609 g/mol. The first-order chi connectivity index (χ1) is 19.1. The number of ether oxygens (including phenoxy) is 1. The van der Waals surface area contributed by atoms with Crippen molar-refractivity contribution in [1.29, 1.82) is 0 Å². The van der Waals surface area contributed by atoms with E-state index in [1.165, 1.54) is 0 Å². The summed E-state index contributed by atoms with van der Waals surface area (Å²) in [6, 6.07) is 1.71. The number of hydrogen-bond donors (Lipinski definition) is 2. The van der Waals surface area contributed by atoms with E-state index in [1.807, 2.05) is 19.1 Å². The number of rotatable bonds is 13. The van der Waals surface area contributed by atoms with E-state index < -0.39 is 53.4 Å². The molecule has 236 valence electrons. The second kappa shape index (κ2) is 12.2. The largest absolute Gasteiger partial charge is 0.506 e. The highest BCUT2D eigenvalue weighted by Gasteiger charge is 2.73. The first-order valence-corrected chi connectivity index (χ1v) is 13.6. The number of anilines is 2. The van der Waals surface area contributed by atoms with Crippen LogP contribution in [-0.2, 0) is 15.6 Å². The molecule has 0 aromatic heterocycles. The molecule has 0 aliphatic heterocycles. The molecule has 2 rings (SSSR count). The lowest BCUT2D eigenvalue weighted by Gasteiger charge is -2.34. The smallest absolute Gasteiger partial charge is 0.420 e. The Balaban J connectivity index is 2.34. The van der Waals surface area contributed by atoms with E-state index in [-0.39, 0.29) is 22.9 Å². The van der Waals surface area contributed by atoms with Crippen molar-refractivity contribution in [2.75, 3.05) is 10.4 Å². The van der Waals surface area contributed by atoms with Gasteiger partial charge < -0.3 is 15.2 Å². The summed E-state index contributed by atoms with van der Waals surface area (Å²) in [5.74, 6) is -12.9. The van der Waals surface area contributed by atoms with Crippen LogP contribution in [0.1, 0.15) is 85.8 Å². The monoisotopic (exact) mass is 608 g/mol. The maximum atomic E-state index is 14.3. The fourth-order valence-electron chi connectivity index (χ4n) is 3.98. The molecule has 1 amide bonds. The lowest BCUT2D eigenvalue weighted by Crippen LogP contribution is -2.59. The molecule has 0 saturated carbocycles. The molecular formula is C30H39F7N2O3. The molecule has 2 N–H and O–H groups in total. The van der Waals surface area contributed by atoms with Gasteiger partial charge in [-0.25, -0.2) is 0 Å². The molecule has 1 unspecified atom stereocenters. The number of carbonyl (C=O) groups excluding carboxylic acids is 1. The van der Waals surface area contributed by atoms with Gasteiger partial charge in [-0.2, -0.15) is 26.3 Å². The minimum Gasteiger partial charge on any atom is -0.506 e. The van der Waals surface area contributed by atoms with E-state index >= 15 is 0 Å². The van der Waals surface area contributed by atoms with E-state index in [0.29, 0.717) is 17.9 Å². The number of aromatic hydroxyl groups is 1. The second-order valence-electron chi connectivity index (χ2n) is 11.7. The number of benzene rings is 2. The zero-order chi connectivity index (χ0) is 32.5. The number of nitrogens with one attached hydrogen (secondary N) is 1. The van der Waals surface area contributed by atoms with Crippen molar-refractivity contribution in [2.24, 2.45) is 0 Å². The summed E-state index contributed by atoms with van der Waals surface area (Å²) in [7, 11) is 0. The van der Waals surface area contributed by atoms with Crippen LogP contribution in [0.2, 0.25) is 0 Å². The fourth-order valence-corrected chi connectivity index (χ4v) is 3.98. The number of nitrogens with zero attached hydrogens (tertiary/aromatic N) is 1. The summed E-state index contributed by atoms with van der Waals surface area (Å²) in [6.45, 7) is 13.7. The normalized spacial score (nSPS) is 14.0. The van der Waals surface area contributed by atoms with E-state index in [2.05, 4.69) is 46.0 Å². The summed E-state index contributed by atoms with van der Waals surface area (Å²) in [4.78, 5) is 13.1. The van der Waals surface area contributed by atoms with E-state index in [0.717, 1.165) is 30.0 Å². The van der Waals surface area contributed by atoms with Crippen molar-refractivity contribution in [3.05, 3.63) is 47.5 Å². The van der Waals surface area contributed by atoms with Crippen LogP contribution in [0.4, 0.5) is 42.2 Å². The Kier molecular flexibility index (Phi) is 10.2. The Morgan fingerprint density at radius 1 is 0.905 bits per heavy atom. The van der Waals surface area contributed by atoms with Crippen molar-refractivity contribution >= 4 is 17.3 Å². The SMILES string of the molecule is CCC(Oc1ccc(C(C)(C)CC)cc1C(C)(C)CC)C(=O)Nc1ccc(N(F)C(F)(F)C(F)(F)C(C)(F)F)c(O)c1. The highest BCUT2D eigenvalue weighted by atomic mass is 19.4. The van der Waals surface area contributed by atoms with Crippen molar-refractivity contribution in [2.45, 2.75) is 109 Å². The molecule has 0 bridgehead atoms. The van der Waals surface area contributed by atoms with E-state index in [4.69, 9.17) is 4.74 Å². The van der Waals surface area contributed by atoms with Gasteiger partial charge in [-0.15, -0.1) is 5.12 Å². The van der Waals surface area contributed by atoms with Gasteiger partial charge >= 0.3 is 17.9 Å². The van der Waals surface area contributed by atoms with Gasteiger partial charge in [0.25, 0.3) is 5.91 Å². The third-order valence-corrected chi connectivity index (χ3v) is 7.82. The summed E-state index contributed by atoms with van der Waals surface area (Å²) >= 11 is 0. The molecule has 2 aromatic rings. The van der Waals surface area contributed by atoms with Crippen LogP contribution in [0.5, 0.6) is 11.5 Å². The lowest BCUT2D eigenvalue weighted by atomic mass is 9.76. The molecule has 42 heavy (non-hydrogen) atoms. The highest BCUT2D eigenvalue weighted by molar-refractivity contribution is 5.95. The Morgan fingerprint density at radius 2 is 1.48 bits per heavy atom. The van der Waals surface area contributed by atoms with Crippen molar-refractivity contribution < 1.29 is 45.5 Å². The number of halogens is 7. The number of phenolic OH excluding ortho intramolecular Hbond substituents is 1. The van der Waals surface area contributed by atoms with Gasteiger partial charge in [0, 0.05) is 24.2 Å². The van der Waals surface area contributed by atoms with Crippen molar-refractivity contribution in [3.8, 4) is 11.5 Å². The molecule has 0 aliphatic rings. The molecule has 0 saturated heterocycles. The van der Waals surface area contributed by atoms with Crippen LogP contribution in [0.25, 0.3) is 0 Å². The molecule has 0 spiro atoms. The molecule has 0 fully saturated rings. The number of hydrogen-bond acceptors (Lipinski definition) is 4. The van der Waals surface area contributed by atoms with Gasteiger partial charge in [-0.05, 0) is 53.9 Å². The van der Waals surface area contributed by atoms with Crippen molar-refractivity contribution in [3.63, 3.8) is 0 Å². The minimum atomic E-state index is -6.12. The fraction of sp³-hybridized carbons (Fsp3) is 0.567. The zero-order valence-corrected chi connectivity index (χ0v) is 25.0. The topological polar surface area (TPSA) is 61.8 Å². The van der Waals surface area contributed by atoms with Crippen molar-refractivity contribution in [1.82, 2.24) is 0 Å². The highest BCUT2D eigenvalue weighted by Crippen LogP contribution is 2.50. The maximum Gasteiger partial charge on any atom is 0.420 e. The average Bonchev–Trinajstić information content (AvgIpc) is 2.90. The van der Waals surface area contributed by atoms with Gasteiger partial charge in [0.2, 0.25) is 0 Å². The van der Waals surface area contributed by atoms with E-state index in [1.54, 1.807) is 6.92 Å². The predicted molar refractivity (Wildman–Crippen MR) is 149 cm³/mol. The summed E-state index contributed by atoms with van der Waals surface area (Å²) < 4.78 is 102. The van der Waals surface area contributed by atoms with Gasteiger partial charge in [0.1, 0.15) is 17.2 Å². The van der Waals surface area contributed by atoms with Gasteiger partial charge in [-0.1, -0.05) is 65.1 Å². The summed E-state index contributed by atoms with van der Waals surface area (Å²) in [5, 5.41) is 10.6. The summed E-state index contributed by atoms with van der Waals surface area (Å²) in [6.07, 6.45) is 0.835. The number of alkyl halides is 6. The number of amides is 1. The number of phenols is 1. The van der Waals surface area contributed by atoms with E-state index in [9.17, 15) is 40.7 Å². The van der Waals surface area contributed by atoms with Gasteiger partial charge in [0.05, 0.1) is 0 Å². The molecule has 12 heteroatoms. The Morgan fingerprint density at radius 3 is 1.95 bits per heavy atom. The first-order valence-electron chi connectivity index (χ1n) is 13.6. The Hall–Kier alpha value is -3.18. The second-order valence-corrected chi connectivity index (χ2v) is 11.7. The van der Waals surface area contributed by atoms with Crippen LogP contribution >= 0.6 is 0 Å². The van der Waals surface area contributed by atoms with Gasteiger partial charge in [-0.3, -0.25) is 4.79 Å². The molecule has 2 aromatic carbocycles. The number of carbonyl (C=O) groups is 1. The third-order valence-electron chi connectivity index (χ3n) is 7.82. The predicted octanol–water partition coefficient (Wildman–Crippen LogP) is 9.14. The molecule has 1 atom stereocenters. The van der Waals surface area contributed by atoms with Crippen LogP contribution in [0.15, 0.2) is 36.4 Å². The minimum absolute atomic E-state index is 0.0980. The van der Waals surface area contributed by atoms with Crippen LogP contribution in [0.3, 0.4) is 0 Å². The molecule has 0 radical (unpaired) electrons. The Bertz CT molecular complexity index is 1260. The zero-order valence-electron chi connectivity index (χ0n) is 25.0. The maximum absolute atomic E-state index is 14.3.